The van der Waals surface area contributed by atoms with Gasteiger partial charge in [0, 0.05) is 52.0 Å². The molecule has 0 spiro atoms. The van der Waals surface area contributed by atoms with Crippen LogP contribution in [0.3, 0.4) is 0 Å². The molecule has 0 amide bonds. The normalized spacial score (nSPS) is 13.2. The van der Waals surface area contributed by atoms with Crippen molar-refractivity contribution >= 4 is 29.8 Å². The number of esters is 5. The van der Waals surface area contributed by atoms with Gasteiger partial charge in [-0.05, 0) is 153 Å². The highest BCUT2D eigenvalue weighted by atomic mass is 16.5. The first-order valence-corrected chi connectivity index (χ1v) is 50.0. The molecule has 113 heavy (non-hydrogen) atoms. The van der Waals surface area contributed by atoms with Crippen LogP contribution in [0.15, 0.2) is 0 Å². The average Bonchev–Trinajstić information content (AvgIpc) is 1.17. The molecule has 13 nitrogen and oxygen atoms in total. The molecule has 0 rings (SSSR count). The third kappa shape index (κ3) is 74.1. The van der Waals surface area contributed by atoms with Crippen molar-refractivity contribution in [2.75, 3.05) is 86.5 Å². The first-order valence-electron chi connectivity index (χ1n) is 50.0. The highest BCUT2D eigenvalue weighted by Crippen LogP contribution is 2.33. The van der Waals surface area contributed by atoms with Gasteiger partial charge in [0.2, 0.25) is 0 Å². The van der Waals surface area contributed by atoms with Crippen molar-refractivity contribution in [2.45, 2.75) is 486 Å². The lowest BCUT2D eigenvalue weighted by atomic mass is 9.79. The van der Waals surface area contributed by atoms with Gasteiger partial charge in [0.15, 0.2) is 0 Å². The first-order chi connectivity index (χ1) is 55.2. The highest BCUT2D eigenvalue weighted by Gasteiger charge is 2.24. The van der Waals surface area contributed by atoms with E-state index in [1.54, 1.807) is 0 Å². The Morgan fingerprint density at radius 2 is 0.522 bits per heavy atom. The molecule has 0 aromatic rings. The van der Waals surface area contributed by atoms with E-state index in [0.717, 1.165) is 193 Å². The summed E-state index contributed by atoms with van der Waals surface area (Å²) < 4.78 is 35.3. The van der Waals surface area contributed by atoms with Gasteiger partial charge in [-0.1, -0.05) is 371 Å². The van der Waals surface area contributed by atoms with Crippen molar-refractivity contribution in [3.05, 3.63) is 0 Å². The van der Waals surface area contributed by atoms with Gasteiger partial charge in [-0.15, -0.1) is 0 Å². The number of unbranched alkanes of at least 4 members (excludes halogenated alkanes) is 31. The third-order valence-corrected chi connectivity index (χ3v) is 24.8. The second-order valence-electron chi connectivity index (χ2n) is 35.5. The maximum absolute atomic E-state index is 13.3. The molecule has 0 heterocycles. The fourth-order valence-corrected chi connectivity index (χ4v) is 17.1. The third-order valence-electron chi connectivity index (χ3n) is 24.8. The predicted molar refractivity (Wildman–Crippen MR) is 481 cm³/mol. The van der Waals surface area contributed by atoms with E-state index in [0.29, 0.717) is 94.2 Å². The van der Waals surface area contributed by atoms with E-state index >= 15 is 0 Å². The lowest BCUT2D eigenvalue weighted by molar-refractivity contribution is -0.149. The molecule has 0 aliphatic carbocycles. The number of ether oxygens (including phenoxy) is 6. The van der Waals surface area contributed by atoms with Crippen LogP contribution in [0.2, 0.25) is 0 Å². The Kier molecular flexibility index (Phi) is 83.5. The molecule has 5 atom stereocenters. The molecule has 13 heteroatoms. The monoisotopic (exact) mass is 1600 g/mol. The molecule has 0 aromatic heterocycles. The van der Waals surface area contributed by atoms with Gasteiger partial charge in [-0.2, -0.15) is 0 Å². The molecule has 670 valence electrons. The van der Waals surface area contributed by atoms with E-state index in [4.69, 9.17) is 28.4 Å². The second kappa shape index (κ2) is 85.6. The molecule has 0 aliphatic heterocycles. The van der Waals surface area contributed by atoms with Crippen molar-refractivity contribution in [1.29, 1.82) is 0 Å². The fourth-order valence-electron chi connectivity index (χ4n) is 17.1. The Morgan fingerprint density at radius 1 is 0.239 bits per heavy atom. The van der Waals surface area contributed by atoms with Gasteiger partial charge in [0.05, 0.1) is 39.0 Å². The van der Waals surface area contributed by atoms with Crippen molar-refractivity contribution in [1.82, 2.24) is 9.80 Å². The number of carbonyl (C=O) groups excluding carboxylic acids is 5. The maximum Gasteiger partial charge on any atom is 0.308 e. The summed E-state index contributed by atoms with van der Waals surface area (Å²) in [5.74, 6) is 3.81. The molecule has 5 unspecified atom stereocenters. The molecule has 0 N–H and O–H groups in total. The zero-order valence-corrected chi connectivity index (χ0v) is 77.4. The van der Waals surface area contributed by atoms with Crippen LogP contribution in [0.5, 0.6) is 0 Å². The maximum atomic E-state index is 13.3. The van der Waals surface area contributed by atoms with Gasteiger partial charge >= 0.3 is 29.8 Å². The van der Waals surface area contributed by atoms with Crippen LogP contribution >= 0.6 is 0 Å². The molecule has 0 bridgehead atoms. The van der Waals surface area contributed by atoms with E-state index in [-0.39, 0.29) is 35.8 Å². The number of carbonyl (C=O) groups is 5. The van der Waals surface area contributed by atoms with Gasteiger partial charge < -0.3 is 38.2 Å². The average molecular weight is 1600 g/mol. The lowest BCUT2D eigenvalue weighted by Crippen LogP contribution is -2.25. The molecule has 0 aromatic carbocycles. The number of nitrogens with zero attached hydrogens (tertiary/aromatic N) is 2. The molecule has 0 fully saturated rings. The van der Waals surface area contributed by atoms with Crippen LogP contribution in [0.25, 0.3) is 0 Å². The zero-order chi connectivity index (χ0) is 82.8. The largest absolute Gasteiger partial charge is 0.466 e. The van der Waals surface area contributed by atoms with E-state index in [1.807, 2.05) is 0 Å². The van der Waals surface area contributed by atoms with Gasteiger partial charge in [0.25, 0.3) is 0 Å². The minimum atomic E-state index is -0.0401. The Balaban J connectivity index is 4.66. The van der Waals surface area contributed by atoms with Crippen LogP contribution in [0, 0.1) is 41.4 Å². The molecule has 0 aliphatic rings. The Labute approximate surface area is 702 Å². The molecule has 0 saturated heterocycles. The second-order valence-corrected chi connectivity index (χ2v) is 35.5. The van der Waals surface area contributed by atoms with Gasteiger partial charge in [0.1, 0.15) is 0 Å². The molecular weight excluding hydrogens is 1410 g/mol. The zero-order valence-electron chi connectivity index (χ0n) is 77.4. The number of rotatable bonds is 91. The van der Waals surface area contributed by atoms with E-state index in [1.165, 1.54) is 244 Å². The molecule has 0 saturated carbocycles. The predicted octanol–water partition coefficient (Wildman–Crippen LogP) is 28.8. The van der Waals surface area contributed by atoms with Crippen LogP contribution in [0.4, 0.5) is 0 Å². The van der Waals surface area contributed by atoms with Crippen molar-refractivity contribution < 1.29 is 52.4 Å². The van der Waals surface area contributed by atoms with Crippen molar-refractivity contribution in [2.24, 2.45) is 41.4 Å². The summed E-state index contributed by atoms with van der Waals surface area (Å²) in [5.41, 5.74) is 0. The summed E-state index contributed by atoms with van der Waals surface area (Å²) >= 11 is 0. The van der Waals surface area contributed by atoms with Crippen molar-refractivity contribution in [3.63, 3.8) is 0 Å². The molecule has 0 radical (unpaired) electrons. The SMILES string of the molecule is CCCCC(CCCC)CCOC(=O)CCCCCCCCCC(CCCCCCCCCC(=O)OCCC(CCCC)C(CCC)CCCCC(CCCC)CCOC(=O)CCCCCCCCCC(CCCCCCCCCC(=O)OCCC(CCCC)CCCC)C(=O)OCCCN(C)C)COCCCN(CC)CC. The summed E-state index contributed by atoms with van der Waals surface area (Å²) in [6, 6.07) is 0. The van der Waals surface area contributed by atoms with Gasteiger partial charge in [-0.25, -0.2) is 0 Å². The fraction of sp³-hybridized carbons (Fsp3) is 0.950. The smallest absolute Gasteiger partial charge is 0.308 e. The van der Waals surface area contributed by atoms with Crippen LogP contribution in [-0.4, -0.2) is 126 Å². The van der Waals surface area contributed by atoms with E-state index < -0.39 is 0 Å². The summed E-state index contributed by atoms with van der Waals surface area (Å²) in [6.45, 7) is 29.2. The topological polar surface area (TPSA) is 147 Å². The standard InChI is InChI=1S/C100H194N2O11/c1-12-21-60-89(61-22-13-2)76-84-109-96(103)72-51-43-35-27-31-39-47-66-92(88-108-82-58-81-102(19-8)20-9)67-48-40-32-28-36-44-54-75-99(106)112-87-79-94(68-26-17-6)93(59-18-7)69-56-55-65-91(64-25-16-5)78-86-111-98(105)74-53-46-38-30-34-42-50-71-95(100(107)113-83-57-80-101(10)11)70-49-41-33-29-37-45-52-73-97(104)110-85-77-90(62-23-14-3)63-24-15-4/h89-95H,12-88H2,1-11H3. The minimum absolute atomic E-state index is 0.00108. The first kappa shape index (κ1) is 110. The lowest BCUT2D eigenvalue weighted by Gasteiger charge is -2.27. The highest BCUT2D eigenvalue weighted by molar-refractivity contribution is 5.72. The number of hydrogen-bond acceptors (Lipinski definition) is 13. The van der Waals surface area contributed by atoms with E-state index in [9.17, 15) is 24.0 Å². The van der Waals surface area contributed by atoms with Gasteiger partial charge in [-0.3, -0.25) is 24.0 Å². The van der Waals surface area contributed by atoms with Crippen LogP contribution in [-0.2, 0) is 52.4 Å². The quantitative estimate of drug-likeness (QED) is 0.0324. The summed E-state index contributed by atoms with van der Waals surface area (Å²) in [4.78, 5) is 68.7. The summed E-state index contributed by atoms with van der Waals surface area (Å²) in [7, 11) is 4.11. The van der Waals surface area contributed by atoms with Crippen molar-refractivity contribution in [3.8, 4) is 0 Å². The Hall–Kier alpha value is -2.77. The summed E-state index contributed by atoms with van der Waals surface area (Å²) in [6.07, 6.45) is 74.1. The Bertz CT molecular complexity index is 2020. The number of hydrogen-bond donors (Lipinski definition) is 0. The Morgan fingerprint density at radius 3 is 0.876 bits per heavy atom. The minimum Gasteiger partial charge on any atom is -0.466 e. The van der Waals surface area contributed by atoms with Crippen LogP contribution < -0.4 is 0 Å². The molecular formula is C100H194N2O11. The summed E-state index contributed by atoms with van der Waals surface area (Å²) in [5, 5.41) is 0. The van der Waals surface area contributed by atoms with E-state index in [2.05, 4.69) is 86.2 Å². The van der Waals surface area contributed by atoms with Crippen LogP contribution in [0.1, 0.15) is 486 Å².